The number of pyridine rings is 2. The maximum Gasteiger partial charge on any atom is 0.246 e. The molecule has 2 aromatic carbocycles. The van der Waals surface area contributed by atoms with Crippen molar-refractivity contribution in [3.05, 3.63) is 67.0 Å². The van der Waals surface area contributed by atoms with Crippen LogP contribution in [0.15, 0.2) is 76.8 Å². The highest BCUT2D eigenvalue weighted by atomic mass is 32.2. The number of nitrogen functional groups attached to an aromatic ring is 1. The molecule has 0 atom stereocenters. The first kappa shape index (κ1) is 20.3. The highest BCUT2D eigenvalue weighted by Gasteiger charge is 2.22. The van der Waals surface area contributed by atoms with Gasteiger partial charge in [-0.05, 0) is 53.1 Å². The number of nitrogens with zero attached hydrogens (tertiary/aromatic N) is 3. The van der Waals surface area contributed by atoms with Crippen molar-refractivity contribution in [3.8, 4) is 22.3 Å². The lowest BCUT2D eigenvalue weighted by Gasteiger charge is -2.14. The third-order valence-corrected chi connectivity index (χ3v) is 6.99. The van der Waals surface area contributed by atoms with E-state index < -0.39 is 10.0 Å². The van der Waals surface area contributed by atoms with Crippen LogP contribution in [0.3, 0.4) is 0 Å². The fraction of sp³-hybridized carbons (Fsp3) is 0.0909. The molecule has 0 aliphatic rings. The molecular weight excluding hydrogens is 416 g/mol. The number of fused-ring (bicyclic) bond motifs is 1. The van der Waals surface area contributed by atoms with Gasteiger partial charge in [-0.15, -0.1) is 12.6 Å². The fourth-order valence-electron chi connectivity index (χ4n) is 3.27. The predicted molar refractivity (Wildman–Crippen MR) is 123 cm³/mol. The number of sulfonamides is 1. The molecule has 0 aliphatic carbocycles. The Bertz CT molecular complexity index is 1370. The van der Waals surface area contributed by atoms with Crippen LogP contribution in [0, 0.1) is 0 Å². The van der Waals surface area contributed by atoms with E-state index >= 15 is 0 Å². The number of hydrogen-bond donors (Lipinski definition) is 2. The van der Waals surface area contributed by atoms with Crippen LogP contribution in [0.4, 0.5) is 5.82 Å². The summed E-state index contributed by atoms with van der Waals surface area (Å²) in [4.78, 5) is 9.44. The first-order chi connectivity index (χ1) is 14.3. The Morgan fingerprint density at radius 1 is 0.933 bits per heavy atom. The minimum absolute atomic E-state index is 0.0146. The van der Waals surface area contributed by atoms with Gasteiger partial charge in [-0.3, -0.25) is 4.98 Å². The number of rotatable bonds is 4. The molecule has 0 spiro atoms. The molecule has 0 unspecified atom stereocenters. The van der Waals surface area contributed by atoms with Crippen molar-refractivity contribution in [1.29, 1.82) is 0 Å². The Morgan fingerprint density at radius 3 is 2.47 bits per heavy atom. The average Bonchev–Trinajstić information content (AvgIpc) is 2.73. The molecule has 30 heavy (non-hydrogen) atoms. The van der Waals surface area contributed by atoms with Gasteiger partial charge in [-0.25, -0.2) is 17.7 Å². The van der Waals surface area contributed by atoms with Crippen LogP contribution in [-0.4, -0.2) is 36.8 Å². The van der Waals surface area contributed by atoms with Crippen LogP contribution in [0.25, 0.3) is 33.2 Å². The van der Waals surface area contributed by atoms with Gasteiger partial charge >= 0.3 is 0 Å². The number of benzene rings is 2. The summed E-state index contributed by atoms with van der Waals surface area (Å²) in [6, 6.07) is 17.2. The Labute approximate surface area is 180 Å². The lowest BCUT2D eigenvalue weighted by atomic mass is 9.98. The van der Waals surface area contributed by atoms with Gasteiger partial charge in [0.15, 0.2) is 0 Å². The Kier molecular flexibility index (Phi) is 5.23. The van der Waals surface area contributed by atoms with E-state index in [1.165, 1.54) is 14.1 Å². The highest BCUT2D eigenvalue weighted by Crippen LogP contribution is 2.33. The second kappa shape index (κ2) is 7.71. The maximum atomic E-state index is 12.6. The van der Waals surface area contributed by atoms with Crippen LogP contribution in [-0.2, 0) is 10.0 Å². The molecule has 0 saturated carbocycles. The molecule has 8 heteroatoms. The molecule has 0 fully saturated rings. The zero-order valence-electron chi connectivity index (χ0n) is 16.4. The SMILES string of the molecule is CN(C)S(=O)(=O)c1cc(-c2ccc3nccc(-c4cccc(S)c4)c3c2)cnc1N. The van der Waals surface area contributed by atoms with Crippen LogP contribution in [0.2, 0.25) is 0 Å². The minimum atomic E-state index is -3.71. The molecule has 2 aromatic heterocycles. The van der Waals surface area contributed by atoms with Crippen molar-refractivity contribution >= 4 is 39.4 Å². The molecule has 6 nitrogen and oxygen atoms in total. The van der Waals surface area contributed by atoms with Crippen molar-refractivity contribution in [3.63, 3.8) is 0 Å². The van der Waals surface area contributed by atoms with Crippen LogP contribution in [0.1, 0.15) is 0 Å². The fourth-order valence-corrected chi connectivity index (χ4v) is 4.48. The van der Waals surface area contributed by atoms with Gasteiger partial charge in [-0.2, -0.15) is 0 Å². The van der Waals surface area contributed by atoms with Gasteiger partial charge in [0.2, 0.25) is 10.0 Å². The third kappa shape index (κ3) is 3.65. The van der Waals surface area contributed by atoms with Crippen LogP contribution >= 0.6 is 12.6 Å². The molecule has 4 rings (SSSR count). The molecule has 4 aromatic rings. The van der Waals surface area contributed by atoms with Crippen LogP contribution < -0.4 is 5.73 Å². The van der Waals surface area contributed by atoms with Crippen molar-refractivity contribution in [1.82, 2.24) is 14.3 Å². The number of anilines is 1. The van der Waals surface area contributed by atoms with E-state index in [0.717, 1.165) is 36.8 Å². The first-order valence-electron chi connectivity index (χ1n) is 9.14. The monoisotopic (exact) mass is 436 g/mol. The summed E-state index contributed by atoms with van der Waals surface area (Å²) >= 11 is 4.44. The van der Waals surface area contributed by atoms with Crippen molar-refractivity contribution in [2.75, 3.05) is 19.8 Å². The van der Waals surface area contributed by atoms with E-state index in [1.54, 1.807) is 18.5 Å². The van der Waals surface area contributed by atoms with Crippen molar-refractivity contribution in [2.24, 2.45) is 0 Å². The lowest BCUT2D eigenvalue weighted by molar-refractivity contribution is 0.521. The molecule has 2 N–H and O–H groups in total. The lowest BCUT2D eigenvalue weighted by Crippen LogP contribution is -2.23. The van der Waals surface area contributed by atoms with Gasteiger partial charge < -0.3 is 5.73 Å². The number of thiol groups is 1. The van der Waals surface area contributed by atoms with Gasteiger partial charge in [0.1, 0.15) is 10.7 Å². The topological polar surface area (TPSA) is 89.2 Å². The predicted octanol–water partition coefficient (Wildman–Crippen LogP) is 4.09. The van der Waals surface area contributed by atoms with Gasteiger partial charge in [0.05, 0.1) is 5.52 Å². The third-order valence-electron chi connectivity index (χ3n) is 4.87. The molecule has 2 heterocycles. The Balaban J connectivity index is 1.90. The summed E-state index contributed by atoms with van der Waals surface area (Å²) in [6.07, 6.45) is 3.35. The van der Waals surface area contributed by atoms with Gasteiger partial charge in [0.25, 0.3) is 0 Å². The highest BCUT2D eigenvalue weighted by molar-refractivity contribution is 7.89. The van der Waals surface area contributed by atoms with E-state index in [-0.39, 0.29) is 10.7 Å². The van der Waals surface area contributed by atoms with Crippen LogP contribution in [0.5, 0.6) is 0 Å². The molecule has 0 saturated heterocycles. The molecule has 0 amide bonds. The average molecular weight is 437 g/mol. The van der Waals surface area contributed by atoms with Gasteiger partial charge in [-0.1, -0.05) is 18.2 Å². The summed E-state index contributed by atoms with van der Waals surface area (Å²) < 4.78 is 26.3. The van der Waals surface area contributed by atoms with Crippen molar-refractivity contribution in [2.45, 2.75) is 9.79 Å². The summed E-state index contributed by atoms with van der Waals surface area (Å²) in [5, 5.41) is 0.947. The number of aromatic nitrogens is 2. The summed E-state index contributed by atoms with van der Waals surface area (Å²) in [6.45, 7) is 0. The summed E-state index contributed by atoms with van der Waals surface area (Å²) in [5.74, 6) is -0.0267. The minimum Gasteiger partial charge on any atom is -0.383 e. The largest absolute Gasteiger partial charge is 0.383 e. The summed E-state index contributed by atoms with van der Waals surface area (Å²) in [7, 11) is -0.785. The van der Waals surface area contributed by atoms with E-state index in [0.29, 0.717) is 5.56 Å². The smallest absolute Gasteiger partial charge is 0.246 e. The Hall–Kier alpha value is -2.94. The summed E-state index contributed by atoms with van der Waals surface area (Å²) in [5.41, 5.74) is 10.2. The number of nitrogens with two attached hydrogens (primary N) is 1. The van der Waals surface area contributed by atoms with E-state index in [1.807, 2.05) is 48.5 Å². The molecule has 0 bridgehead atoms. The molecule has 0 radical (unpaired) electrons. The van der Waals surface area contributed by atoms with Crippen molar-refractivity contribution < 1.29 is 8.42 Å². The van der Waals surface area contributed by atoms with E-state index in [4.69, 9.17) is 5.73 Å². The normalized spacial score (nSPS) is 11.9. The quantitative estimate of drug-likeness (QED) is 0.471. The second-order valence-corrected chi connectivity index (χ2v) is 9.67. The maximum absolute atomic E-state index is 12.6. The Morgan fingerprint density at radius 2 is 1.73 bits per heavy atom. The van der Waals surface area contributed by atoms with E-state index in [9.17, 15) is 8.42 Å². The zero-order chi connectivity index (χ0) is 21.5. The molecule has 0 aliphatic heterocycles. The molecule has 152 valence electrons. The first-order valence-corrected chi connectivity index (χ1v) is 11.0. The number of hydrogen-bond acceptors (Lipinski definition) is 6. The van der Waals surface area contributed by atoms with E-state index in [2.05, 4.69) is 22.6 Å². The second-order valence-electron chi connectivity index (χ2n) is 7.04. The molecular formula is C22H20N4O2S2. The standard InChI is InChI=1S/C22H20N4O2S2/c1-26(2)30(27,28)21-12-16(13-25-22(21)23)14-6-7-20-19(11-14)18(8-9-24-20)15-4-3-5-17(29)10-15/h3-13,29H,1-2H3,(H2,23,25). The van der Waals surface area contributed by atoms with Gasteiger partial charge in [0, 0.05) is 42.3 Å². The zero-order valence-corrected chi connectivity index (χ0v) is 18.2.